The molecule has 0 unspecified atom stereocenters. The summed E-state index contributed by atoms with van der Waals surface area (Å²) in [5.74, 6) is -0.566. The summed E-state index contributed by atoms with van der Waals surface area (Å²) in [6.07, 6.45) is -0.871. The van der Waals surface area contributed by atoms with E-state index in [-0.39, 0.29) is 0 Å². The van der Waals surface area contributed by atoms with Gasteiger partial charge in [0, 0.05) is 18.7 Å². The molecule has 0 atom stereocenters. The molecule has 0 N–H and O–H groups in total. The van der Waals surface area contributed by atoms with Gasteiger partial charge < -0.3 is 4.74 Å². The number of imide groups is 1. The lowest BCUT2D eigenvalue weighted by molar-refractivity contribution is -0.123. The van der Waals surface area contributed by atoms with Crippen LogP contribution >= 0.6 is 11.8 Å². The van der Waals surface area contributed by atoms with Crippen molar-refractivity contribution in [2.24, 2.45) is 0 Å². The van der Waals surface area contributed by atoms with Crippen molar-refractivity contribution in [2.75, 3.05) is 7.11 Å². The van der Waals surface area contributed by atoms with Crippen LogP contribution in [0.1, 0.15) is 6.92 Å². The van der Waals surface area contributed by atoms with Crippen LogP contribution in [-0.4, -0.2) is 23.5 Å². The summed E-state index contributed by atoms with van der Waals surface area (Å²) in [7, 11) is 1.14. The van der Waals surface area contributed by atoms with Gasteiger partial charge in [-0.3, -0.25) is 4.79 Å². The number of nitrogens with zero attached hydrogens (tertiary/aromatic N) is 1. The molecule has 52 valence electrons. The highest BCUT2D eigenvalue weighted by Crippen LogP contribution is 1.96. The van der Waals surface area contributed by atoms with E-state index in [0.29, 0.717) is 4.42 Å². The molecule has 2 amide bonds. The average Bonchev–Trinajstić information content (AvgIpc) is 1.84. The van der Waals surface area contributed by atoms with Crippen LogP contribution in [0.5, 0.6) is 0 Å². The van der Waals surface area contributed by atoms with Gasteiger partial charge in [-0.2, -0.15) is 4.42 Å². The SMILES string of the molecule is COC(=O)N(Cl)C(C)=O. The zero-order valence-electron chi connectivity index (χ0n) is 5.05. The Bertz CT molecular complexity index is 136. The van der Waals surface area contributed by atoms with Crippen molar-refractivity contribution < 1.29 is 14.3 Å². The molecule has 0 aromatic heterocycles. The summed E-state index contributed by atoms with van der Waals surface area (Å²) in [5, 5.41) is 0. The number of carbonyl (C=O) groups is 2. The van der Waals surface area contributed by atoms with Crippen LogP contribution in [0, 0.1) is 0 Å². The van der Waals surface area contributed by atoms with E-state index in [9.17, 15) is 9.59 Å². The zero-order chi connectivity index (χ0) is 7.44. The molecule has 0 rings (SSSR count). The Morgan fingerprint density at radius 2 is 2.00 bits per heavy atom. The number of halogens is 1. The van der Waals surface area contributed by atoms with Crippen molar-refractivity contribution in [3.05, 3.63) is 0 Å². The molecule has 0 aliphatic carbocycles. The number of hydrogen-bond donors (Lipinski definition) is 0. The smallest absolute Gasteiger partial charge is 0.431 e. The van der Waals surface area contributed by atoms with Gasteiger partial charge in [-0.1, -0.05) is 0 Å². The molecular formula is C4H6ClNO3. The number of rotatable bonds is 0. The predicted octanol–water partition coefficient (Wildman–Crippen LogP) is 0.755. The average molecular weight is 152 g/mol. The van der Waals surface area contributed by atoms with Crippen LogP contribution in [0.4, 0.5) is 4.79 Å². The fourth-order valence-electron chi connectivity index (χ4n) is 0.209. The molecule has 9 heavy (non-hydrogen) atoms. The first kappa shape index (κ1) is 8.23. The summed E-state index contributed by atoms with van der Waals surface area (Å²) < 4.78 is 4.47. The minimum atomic E-state index is -0.871. The van der Waals surface area contributed by atoms with Crippen LogP contribution in [0.25, 0.3) is 0 Å². The highest BCUT2D eigenvalue weighted by atomic mass is 35.5. The summed E-state index contributed by atoms with van der Waals surface area (Å²) in [6, 6.07) is 0. The fraction of sp³-hybridized carbons (Fsp3) is 0.500. The van der Waals surface area contributed by atoms with Gasteiger partial charge in [0.05, 0.1) is 7.11 Å². The first-order valence-electron chi connectivity index (χ1n) is 2.14. The lowest BCUT2D eigenvalue weighted by atomic mass is 10.7. The highest BCUT2D eigenvalue weighted by Gasteiger charge is 2.14. The molecule has 0 spiro atoms. The number of amides is 2. The second kappa shape index (κ2) is 3.29. The van der Waals surface area contributed by atoms with Crippen LogP contribution in [0.15, 0.2) is 0 Å². The summed E-state index contributed by atoms with van der Waals surface area (Å²) in [6.45, 7) is 1.16. The third kappa shape index (κ3) is 2.32. The second-order valence-corrected chi connectivity index (χ2v) is 1.61. The van der Waals surface area contributed by atoms with Gasteiger partial charge >= 0.3 is 6.09 Å². The number of ether oxygens (including phenoxy) is 1. The van der Waals surface area contributed by atoms with E-state index in [2.05, 4.69) is 4.74 Å². The molecule has 0 radical (unpaired) electrons. The number of hydrogen-bond acceptors (Lipinski definition) is 3. The molecule has 0 aromatic rings. The lowest BCUT2D eigenvalue weighted by Crippen LogP contribution is -2.25. The van der Waals surface area contributed by atoms with Gasteiger partial charge in [0.25, 0.3) is 0 Å². The van der Waals surface area contributed by atoms with Crippen molar-refractivity contribution in [1.82, 2.24) is 4.42 Å². The fourth-order valence-corrected chi connectivity index (χ4v) is 0.278. The maximum absolute atomic E-state index is 10.3. The van der Waals surface area contributed by atoms with Crippen LogP contribution in [-0.2, 0) is 9.53 Å². The first-order valence-corrected chi connectivity index (χ1v) is 2.47. The van der Waals surface area contributed by atoms with Gasteiger partial charge in [-0.25, -0.2) is 4.79 Å². The number of carbonyl (C=O) groups excluding carboxylic acids is 2. The quantitative estimate of drug-likeness (QED) is 0.480. The van der Waals surface area contributed by atoms with E-state index in [1.54, 1.807) is 0 Å². The van der Waals surface area contributed by atoms with Crippen molar-refractivity contribution >= 4 is 23.8 Å². The molecule has 0 saturated heterocycles. The Hall–Kier alpha value is -0.770. The molecule has 5 heteroatoms. The summed E-state index contributed by atoms with van der Waals surface area (Å²) >= 11 is 5.08. The topological polar surface area (TPSA) is 46.6 Å². The molecule has 4 nitrogen and oxygen atoms in total. The minimum absolute atomic E-state index is 0.361. The normalized spacial score (nSPS) is 8.33. The Labute approximate surface area is 57.4 Å². The molecule has 0 aliphatic heterocycles. The van der Waals surface area contributed by atoms with Crippen LogP contribution in [0.2, 0.25) is 0 Å². The standard InChI is InChI=1S/C4H6ClNO3/c1-3(7)6(5)4(8)9-2/h1-2H3. The van der Waals surface area contributed by atoms with Crippen LogP contribution < -0.4 is 0 Å². The monoisotopic (exact) mass is 151 g/mol. The molecule has 0 bridgehead atoms. The Morgan fingerprint density at radius 3 is 2.11 bits per heavy atom. The maximum atomic E-state index is 10.3. The minimum Gasteiger partial charge on any atom is -0.452 e. The highest BCUT2D eigenvalue weighted by molar-refractivity contribution is 6.28. The summed E-state index contributed by atoms with van der Waals surface area (Å²) in [5.41, 5.74) is 0. The van der Waals surface area contributed by atoms with E-state index in [1.807, 2.05) is 0 Å². The maximum Gasteiger partial charge on any atom is 0.431 e. The van der Waals surface area contributed by atoms with Crippen molar-refractivity contribution in [2.45, 2.75) is 6.92 Å². The van der Waals surface area contributed by atoms with Crippen molar-refractivity contribution in [1.29, 1.82) is 0 Å². The van der Waals surface area contributed by atoms with Crippen molar-refractivity contribution in [3.63, 3.8) is 0 Å². The van der Waals surface area contributed by atoms with E-state index in [4.69, 9.17) is 11.8 Å². The Balaban J connectivity index is 3.88. The van der Waals surface area contributed by atoms with Gasteiger partial charge in [0.15, 0.2) is 0 Å². The van der Waals surface area contributed by atoms with E-state index < -0.39 is 12.0 Å². The van der Waals surface area contributed by atoms with Gasteiger partial charge in [-0.05, 0) is 0 Å². The summed E-state index contributed by atoms with van der Waals surface area (Å²) in [4.78, 5) is 20.5. The first-order chi connectivity index (χ1) is 4.09. The molecule has 0 aromatic carbocycles. The molecule has 0 heterocycles. The van der Waals surface area contributed by atoms with Gasteiger partial charge in [0.1, 0.15) is 0 Å². The van der Waals surface area contributed by atoms with Crippen molar-refractivity contribution in [3.8, 4) is 0 Å². The van der Waals surface area contributed by atoms with Crippen LogP contribution in [0.3, 0.4) is 0 Å². The Morgan fingerprint density at radius 1 is 1.56 bits per heavy atom. The third-order valence-corrected chi connectivity index (χ3v) is 0.987. The molecule has 0 saturated carbocycles. The molecular weight excluding hydrogens is 146 g/mol. The van der Waals surface area contributed by atoms with E-state index in [1.165, 1.54) is 0 Å². The molecule has 0 aliphatic rings. The molecule has 0 fully saturated rings. The third-order valence-electron chi connectivity index (χ3n) is 0.611. The predicted molar refractivity (Wildman–Crippen MR) is 30.8 cm³/mol. The van der Waals surface area contributed by atoms with Gasteiger partial charge in [0.2, 0.25) is 5.91 Å². The number of methoxy groups -OCH3 is 1. The zero-order valence-corrected chi connectivity index (χ0v) is 5.81. The Kier molecular flexibility index (Phi) is 3.01. The van der Waals surface area contributed by atoms with E-state index >= 15 is 0 Å². The second-order valence-electron chi connectivity index (χ2n) is 1.27. The largest absolute Gasteiger partial charge is 0.452 e. The lowest BCUT2D eigenvalue weighted by Gasteiger charge is -2.05. The van der Waals surface area contributed by atoms with Gasteiger partial charge in [-0.15, -0.1) is 0 Å². The van der Waals surface area contributed by atoms with E-state index in [0.717, 1.165) is 14.0 Å².